The molecule has 0 amide bonds. The van der Waals surface area contributed by atoms with Crippen LogP contribution in [-0.2, 0) is 16.8 Å². The summed E-state index contributed by atoms with van der Waals surface area (Å²) in [6.45, 7) is 10.2. The van der Waals surface area contributed by atoms with Gasteiger partial charge in [-0.1, -0.05) is 20.8 Å². The molecule has 1 N–H and O–H groups in total. The Morgan fingerprint density at radius 3 is 2.57 bits per heavy atom. The lowest BCUT2D eigenvalue weighted by molar-refractivity contribution is 0.0469. The lowest BCUT2D eigenvalue weighted by Crippen LogP contribution is -2.12. The van der Waals surface area contributed by atoms with Crippen LogP contribution in [-0.4, -0.2) is 6.61 Å². The zero-order chi connectivity index (χ0) is 10.6. The van der Waals surface area contributed by atoms with Crippen LogP contribution < -0.4 is 5.48 Å². The molecule has 80 valence electrons. The molecular weight excluding hydrogens is 194 g/mol. The Kier molecular flexibility index (Phi) is 4.11. The highest BCUT2D eigenvalue weighted by Gasteiger charge is 2.15. The van der Waals surface area contributed by atoms with E-state index in [-0.39, 0.29) is 5.41 Å². The van der Waals surface area contributed by atoms with Crippen molar-refractivity contribution in [3.8, 4) is 0 Å². The molecule has 0 atom stereocenters. The van der Waals surface area contributed by atoms with Gasteiger partial charge in [0.15, 0.2) is 0 Å². The molecule has 0 bridgehead atoms. The first kappa shape index (κ1) is 11.7. The van der Waals surface area contributed by atoms with Crippen LogP contribution in [0, 0.1) is 0 Å². The van der Waals surface area contributed by atoms with E-state index in [1.165, 1.54) is 9.75 Å². The van der Waals surface area contributed by atoms with Crippen LogP contribution >= 0.6 is 11.3 Å². The van der Waals surface area contributed by atoms with E-state index in [1.54, 1.807) is 0 Å². The maximum atomic E-state index is 5.09. The maximum Gasteiger partial charge on any atom is 0.0654 e. The minimum absolute atomic E-state index is 0.258. The van der Waals surface area contributed by atoms with Gasteiger partial charge >= 0.3 is 0 Å². The van der Waals surface area contributed by atoms with Crippen LogP contribution in [0.3, 0.4) is 0 Å². The van der Waals surface area contributed by atoms with Crippen LogP contribution in [0.4, 0.5) is 0 Å². The summed E-state index contributed by atoms with van der Waals surface area (Å²) >= 11 is 1.85. The van der Waals surface area contributed by atoms with Gasteiger partial charge in [-0.2, -0.15) is 5.48 Å². The summed E-state index contributed by atoms with van der Waals surface area (Å²) in [5.74, 6) is 0. The number of hydrogen-bond donors (Lipinski definition) is 1. The van der Waals surface area contributed by atoms with E-state index in [0.29, 0.717) is 6.61 Å². The Bertz CT molecular complexity index is 275. The van der Waals surface area contributed by atoms with Crippen LogP contribution in [0.15, 0.2) is 12.1 Å². The number of rotatable bonds is 4. The van der Waals surface area contributed by atoms with Crippen LogP contribution in [0.25, 0.3) is 0 Å². The van der Waals surface area contributed by atoms with Gasteiger partial charge in [0.1, 0.15) is 0 Å². The third kappa shape index (κ3) is 3.40. The highest BCUT2D eigenvalue weighted by Crippen LogP contribution is 2.29. The summed E-state index contributed by atoms with van der Waals surface area (Å²) in [5, 5.41) is 0. The zero-order valence-electron chi connectivity index (χ0n) is 9.39. The van der Waals surface area contributed by atoms with E-state index in [4.69, 9.17) is 4.84 Å². The first-order chi connectivity index (χ1) is 6.54. The minimum Gasteiger partial charge on any atom is -0.302 e. The molecule has 0 aliphatic rings. The van der Waals surface area contributed by atoms with Crippen LogP contribution in [0.1, 0.15) is 37.4 Å². The van der Waals surface area contributed by atoms with Crippen LogP contribution in [0.5, 0.6) is 0 Å². The number of nitrogens with one attached hydrogen (secondary N) is 1. The SMILES string of the molecule is CCONCc1ccc(C(C)(C)C)s1. The van der Waals surface area contributed by atoms with Gasteiger partial charge in [0.25, 0.3) is 0 Å². The molecule has 0 aromatic carbocycles. The smallest absolute Gasteiger partial charge is 0.0654 e. The second-order valence-corrected chi connectivity index (χ2v) is 5.44. The first-order valence-electron chi connectivity index (χ1n) is 4.98. The Morgan fingerprint density at radius 2 is 2.07 bits per heavy atom. The number of thiophene rings is 1. The molecule has 1 aromatic rings. The molecule has 2 nitrogen and oxygen atoms in total. The van der Waals surface area contributed by atoms with Crippen molar-refractivity contribution in [1.82, 2.24) is 5.48 Å². The third-order valence-electron chi connectivity index (χ3n) is 1.89. The highest BCUT2D eigenvalue weighted by molar-refractivity contribution is 7.12. The highest BCUT2D eigenvalue weighted by atomic mass is 32.1. The fraction of sp³-hybridized carbons (Fsp3) is 0.636. The molecule has 1 aromatic heterocycles. The molecule has 1 heterocycles. The van der Waals surface area contributed by atoms with Crippen molar-refractivity contribution in [1.29, 1.82) is 0 Å². The Labute approximate surface area is 90.2 Å². The number of hydroxylamine groups is 1. The van der Waals surface area contributed by atoms with E-state index >= 15 is 0 Å². The second kappa shape index (κ2) is 4.91. The monoisotopic (exact) mass is 213 g/mol. The summed E-state index contributed by atoms with van der Waals surface area (Å²) in [5.41, 5.74) is 3.19. The van der Waals surface area contributed by atoms with Gasteiger partial charge in [0, 0.05) is 9.75 Å². The van der Waals surface area contributed by atoms with Crippen molar-refractivity contribution < 1.29 is 4.84 Å². The lowest BCUT2D eigenvalue weighted by atomic mass is 9.95. The Hall–Kier alpha value is -0.380. The summed E-state index contributed by atoms with van der Waals surface area (Å²) in [7, 11) is 0. The van der Waals surface area contributed by atoms with Crippen molar-refractivity contribution in [2.24, 2.45) is 0 Å². The van der Waals surface area contributed by atoms with Gasteiger partial charge in [0.05, 0.1) is 13.2 Å². The number of hydrogen-bond acceptors (Lipinski definition) is 3. The summed E-state index contributed by atoms with van der Waals surface area (Å²) in [4.78, 5) is 7.83. The molecule has 0 saturated heterocycles. The molecule has 0 unspecified atom stereocenters. The van der Waals surface area contributed by atoms with Crippen molar-refractivity contribution in [2.45, 2.75) is 39.7 Å². The maximum absolute atomic E-state index is 5.09. The predicted octanol–water partition coefficient (Wildman–Crippen LogP) is 3.09. The minimum atomic E-state index is 0.258. The van der Waals surface area contributed by atoms with Crippen LogP contribution in [0.2, 0.25) is 0 Å². The molecule has 0 aliphatic heterocycles. The molecular formula is C11H19NOS. The van der Waals surface area contributed by atoms with Gasteiger partial charge in [-0.15, -0.1) is 11.3 Å². The van der Waals surface area contributed by atoms with Gasteiger partial charge in [-0.05, 0) is 24.5 Å². The standard InChI is InChI=1S/C11H19NOS/c1-5-13-12-8-9-6-7-10(14-9)11(2,3)4/h6-7,12H,5,8H2,1-4H3. The molecule has 0 radical (unpaired) electrons. The zero-order valence-corrected chi connectivity index (χ0v) is 10.2. The van der Waals surface area contributed by atoms with E-state index in [1.807, 2.05) is 18.3 Å². The molecule has 1 rings (SSSR count). The predicted molar refractivity (Wildman–Crippen MR) is 61.5 cm³/mol. The fourth-order valence-electron chi connectivity index (χ4n) is 1.10. The molecule has 14 heavy (non-hydrogen) atoms. The normalized spacial score (nSPS) is 12.0. The van der Waals surface area contributed by atoms with Crippen molar-refractivity contribution >= 4 is 11.3 Å². The van der Waals surface area contributed by atoms with E-state index < -0.39 is 0 Å². The average molecular weight is 213 g/mol. The largest absolute Gasteiger partial charge is 0.302 e. The molecule has 0 spiro atoms. The molecule has 0 aliphatic carbocycles. The summed E-state index contributed by atoms with van der Waals surface area (Å²) < 4.78 is 0. The second-order valence-electron chi connectivity index (χ2n) is 4.27. The van der Waals surface area contributed by atoms with Crippen molar-refractivity contribution in [3.05, 3.63) is 21.9 Å². The van der Waals surface area contributed by atoms with Crippen molar-refractivity contribution in [3.63, 3.8) is 0 Å². The van der Waals surface area contributed by atoms with Crippen molar-refractivity contribution in [2.75, 3.05) is 6.61 Å². The van der Waals surface area contributed by atoms with Gasteiger partial charge in [-0.3, -0.25) is 0 Å². The third-order valence-corrected chi connectivity index (χ3v) is 3.40. The molecule has 0 fully saturated rings. The van der Waals surface area contributed by atoms with Gasteiger partial charge in [-0.25, -0.2) is 0 Å². The van der Waals surface area contributed by atoms with Gasteiger partial charge < -0.3 is 4.84 Å². The van der Waals surface area contributed by atoms with E-state index in [9.17, 15) is 0 Å². The topological polar surface area (TPSA) is 21.3 Å². The van der Waals surface area contributed by atoms with E-state index in [0.717, 1.165) is 6.54 Å². The summed E-state index contributed by atoms with van der Waals surface area (Å²) in [6.07, 6.45) is 0. The molecule has 3 heteroatoms. The Balaban J connectivity index is 2.51. The summed E-state index contributed by atoms with van der Waals surface area (Å²) in [6, 6.07) is 4.37. The average Bonchev–Trinajstić information content (AvgIpc) is 2.52. The molecule has 0 saturated carbocycles. The fourth-order valence-corrected chi connectivity index (χ4v) is 2.09. The quantitative estimate of drug-likeness (QED) is 0.613. The first-order valence-corrected chi connectivity index (χ1v) is 5.79. The van der Waals surface area contributed by atoms with E-state index in [2.05, 4.69) is 38.4 Å². The lowest BCUT2D eigenvalue weighted by Gasteiger charge is -2.15. The Morgan fingerprint density at radius 1 is 1.36 bits per heavy atom. The van der Waals surface area contributed by atoms with Gasteiger partial charge in [0.2, 0.25) is 0 Å².